The molecule has 5 rings (SSSR count). The molecule has 4 heteroatoms. The molecule has 3 aromatic carbocycles. The van der Waals surface area contributed by atoms with Gasteiger partial charge in [0.15, 0.2) is 0 Å². The summed E-state index contributed by atoms with van der Waals surface area (Å²) in [6, 6.07) is 24.9. The lowest BCUT2D eigenvalue weighted by atomic mass is 9.79. The average molecular weight is 466 g/mol. The van der Waals surface area contributed by atoms with Crippen molar-refractivity contribution in [2.45, 2.75) is 63.0 Å². The van der Waals surface area contributed by atoms with E-state index in [0.717, 1.165) is 12.1 Å². The van der Waals surface area contributed by atoms with Crippen molar-refractivity contribution in [3.8, 4) is 0 Å². The van der Waals surface area contributed by atoms with Gasteiger partial charge in [0, 0.05) is 49.7 Å². The van der Waals surface area contributed by atoms with Crippen LogP contribution in [-0.2, 0) is 10.3 Å². The molecule has 0 aromatic heterocycles. The van der Waals surface area contributed by atoms with Crippen LogP contribution < -0.4 is 4.90 Å². The molecule has 176 valence electrons. The molecule has 2 atom stereocenters. The predicted octanol–water partition coefficient (Wildman–Crippen LogP) is 6.81. The summed E-state index contributed by atoms with van der Waals surface area (Å²) in [5.41, 5.74) is 3.11. The fourth-order valence-electron chi connectivity index (χ4n) is 5.90. The molecule has 0 amide bonds. The molecule has 1 aliphatic heterocycles. The monoisotopic (exact) mass is 465 g/mol. The Balaban J connectivity index is 0.00000259. The zero-order valence-electron chi connectivity index (χ0n) is 19.6. The lowest BCUT2D eigenvalue weighted by Gasteiger charge is -2.39. The van der Waals surface area contributed by atoms with Gasteiger partial charge in [0.2, 0.25) is 0 Å². The first-order valence-corrected chi connectivity index (χ1v) is 12.3. The smallest absolute Gasteiger partial charge is 0.0940 e. The molecule has 2 unspecified atom stereocenters. The van der Waals surface area contributed by atoms with Gasteiger partial charge in [0.25, 0.3) is 0 Å². The highest BCUT2D eigenvalue weighted by Gasteiger charge is 2.32. The van der Waals surface area contributed by atoms with Gasteiger partial charge in [-0.05, 0) is 54.7 Å². The van der Waals surface area contributed by atoms with Gasteiger partial charge in [-0.1, -0.05) is 67.1 Å². The second-order valence-corrected chi connectivity index (χ2v) is 9.57. The zero-order valence-corrected chi connectivity index (χ0v) is 20.4. The molecule has 2 aliphatic rings. The van der Waals surface area contributed by atoms with Crippen LogP contribution in [0, 0.1) is 0 Å². The zero-order chi connectivity index (χ0) is 22.0. The maximum atomic E-state index is 11.0. The van der Waals surface area contributed by atoms with Crippen molar-refractivity contribution in [1.29, 1.82) is 0 Å². The minimum Gasteiger partial charge on any atom is -0.385 e. The number of rotatable bonds is 5. The van der Waals surface area contributed by atoms with E-state index in [1.54, 1.807) is 0 Å². The second-order valence-electron chi connectivity index (χ2n) is 9.57. The number of hydrogen-bond acceptors (Lipinski definition) is 3. The van der Waals surface area contributed by atoms with Gasteiger partial charge in [-0.3, -0.25) is 0 Å². The van der Waals surface area contributed by atoms with E-state index in [0.29, 0.717) is 38.0 Å². The van der Waals surface area contributed by atoms with E-state index < -0.39 is 5.60 Å². The van der Waals surface area contributed by atoms with E-state index in [1.165, 1.54) is 47.7 Å². The van der Waals surface area contributed by atoms with Crippen LogP contribution in [0.25, 0.3) is 10.8 Å². The first kappa shape index (κ1) is 24.1. The first-order valence-electron chi connectivity index (χ1n) is 12.3. The van der Waals surface area contributed by atoms with Crippen LogP contribution in [-0.4, -0.2) is 30.9 Å². The molecule has 3 nitrogen and oxygen atoms in total. The third kappa shape index (κ3) is 4.91. The normalized spacial score (nSPS) is 22.5. The fraction of sp³-hybridized carbons (Fsp3) is 0.448. The van der Waals surface area contributed by atoms with Crippen molar-refractivity contribution in [3.63, 3.8) is 0 Å². The molecular formula is C29H36ClNO2. The molecule has 0 spiro atoms. The third-order valence-corrected chi connectivity index (χ3v) is 7.74. The SMILES string of the molecule is CCN(c1cccc2ccccc12)C1CCCC(c2ccc(C3(O)CCOCC3)cc2)C1.Cl. The Kier molecular flexibility index (Phi) is 7.63. The van der Waals surface area contributed by atoms with Crippen molar-refractivity contribution in [1.82, 2.24) is 0 Å². The fourth-order valence-corrected chi connectivity index (χ4v) is 5.90. The van der Waals surface area contributed by atoms with Crippen LogP contribution in [0.15, 0.2) is 66.7 Å². The third-order valence-electron chi connectivity index (χ3n) is 7.74. The van der Waals surface area contributed by atoms with Crippen LogP contribution in [0.1, 0.15) is 62.5 Å². The Morgan fingerprint density at radius 2 is 1.67 bits per heavy atom. The van der Waals surface area contributed by atoms with E-state index in [2.05, 4.69) is 78.6 Å². The summed E-state index contributed by atoms with van der Waals surface area (Å²) in [5, 5.41) is 13.7. The van der Waals surface area contributed by atoms with Crippen molar-refractivity contribution >= 4 is 28.9 Å². The number of anilines is 1. The summed E-state index contributed by atoms with van der Waals surface area (Å²) >= 11 is 0. The van der Waals surface area contributed by atoms with Gasteiger partial charge in [0.1, 0.15) is 0 Å². The Morgan fingerprint density at radius 1 is 0.939 bits per heavy atom. The molecule has 1 heterocycles. The van der Waals surface area contributed by atoms with Gasteiger partial charge in [0.05, 0.1) is 5.60 Å². The molecule has 1 aliphatic carbocycles. The number of fused-ring (bicyclic) bond motifs is 1. The summed E-state index contributed by atoms with van der Waals surface area (Å²) in [6.07, 6.45) is 6.34. The van der Waals surface area contributed by atoms with Gasteiger partial charge in [-0.2, -0.15) is 0 Å². The maximum Gasteiger partial charge on any atom is 0.0940 e. The standard InChI is InChI=1S/C29H35NO2.ClH/c1-2-30(28-12-6-8-23-7-3-4-11-27(23)28)26-10-5-9-24(21-26)22-13-15-25(16-14-22)29(31)17-19-32-20-18-29;/h3-4,6-8,11-16,24,26,31H,2,5,9-10,17-21H2,1H3;1H. The summed E-state index contributed by atoms with van der Waals surface area (Å²) in [6.45, 7) is 4.60. The van der Waals surface area contributed by atoms with E-state index in [-0.39, 0.29) is 12.4 Å². The van der Waals surface area contributed by atoms with Gasteiger partial charge < -0.3 is 14.7 Å². The molecule has 1 N–H and O–H groups in total. The van der Waals surface area contributed by atoms with E-state index in [1.807, 2.05) is 0 Å². The summed E-state index contributed by atoms with van der Waals surface area (Å²) in [4.78, 5) is 2.63. The van der Waals surface area contributed by atoms with E-state index in [4.69, 9.17) is 4.74 Å². The minimum atomic E-state index is -0.723. The topological polar surface area (TPSA) is 32.7 Å². The van der Waals surface area contributed by atoms with Crippen LogP contribution in [0.4, 0.5) is 5.69 Å². The maximum absolute atomic E-state index is 11.0. The minimum absolute atomic E-state index is 0. The Morgan fingerprint density at radius 3 is 2.42 bits per heavy atom. The molecule has 0 radical (unpaired) electrons. The lowest BCUT2D eigenvalue weighted by Crippen LogP contribution is -2.38. The van der Waals surface area contributed by atoms with E-state index >= 15 is 0 Å². The summed E-state index contributed by atoms with van der Waals surface area (Å²) in [7, 11) is 0. The van der Waals surface area contributed by atoms with E-state index in [9.17, 15) is 5.11 Å². The van der Waals surface area contributed by atoms with Crippen LogP contribution in [0.5, 0.6) is 0 Å². The number of ether oxygens (including phenoxy) is 1. The Labute approximate surface area is 204 Å². The van der Waals surface area contributed by atoms with Gasteiger partial charge in [-0.15, -0.1) is 12.4 Å². The second kappa shape index (κ2) is 10.5. The van der Waals surface area contributed by atoms with Crippen molar-refractivity contribution in [2.75, 3.05) is 24.7 Å². The Bertz CT molecular complexity index is 1040. The quantitative estimate of drug-likeness (QED) is 0.449. The van der Waals surface area contributed by atoms with Crippen molar-refractivity contribution in [3.05, 3.63) is 77.9 Å². The molecule has 33 heavy (non-hydrogen) atoms. The molecule has 1 saturated carbocycles. The van der Waals surface area contributed by atoms with Gasteiger partial charge in [-0.25, -0.2) is 0 Å². The van der Waals surface area contributed by atoms with Crippen LogP contribution in [0.3, 0.4) is 0 Å². The number of halogens is 1. The average Bonchev–Trinajstić information content (AvgIpc) is 2.85. The Hall–Kier alpha value is -2.07. The largest absolute Gasteiger partial charge is 0.385 e. The molecular weight excluding hydrogens is 430 g/mol. The van der Waals surface area contributed by atoms with Crippen molar-refractivity contribution < 1.29 is 9.84 Å². The lowest BCUT2D eigenvalue weighted by molar-refractivity contribution is -0.0679. The van der Waals surface area contributed by atoms with Crippen LogP contribution >= 0.6 is 12.4 Å². The summed E-state index contributed by atoms with van der Waals surface area (Å²) in [5.74, 6) is 0.580. The highest BCUT2D eigenvalue weighted by Crippen LogP contribution is 2.39. The number of benzene rings is 3. The molecule has 3 aromatic rings. The molecule has 0 bridgehead atoms. The predicted molar refractivity (Wildman–Crippen MR) is 140 cm³/mol. The molecule has 1 saturated heterocycles. The highest BCUT2D eigenvalue weighted by molar-refractivity contribution is 5.94. The molecule has 2 fully saturated rings. The van der Waals surface area contributed by atoms with Crippen LogP contribution in [0.2, 0.25) is 0 Å². The van der Waals surface area contributed by atoms with Gasteiger partial charge >= 0.3 is 0 Å². The summed E-state index contributed by atoms with van der Waals surface area (Å²) < 4.78 is 5.45. The van der Waals surface area contributed by atoms with Crippen molar-refractivity contribution in [2.24, 2.45) is 0 Å². The number of aliphatic hydroxyl groups is 1. The highest BCUT2D eigenvalue weighted by atomic mass is 35.5. The first-order chi connectivity index (χ1) is 15.7. The number of nitrogens with zero attached hydrogens (tertiary/aromatic N) is 1. The number of hydrogen-bond donors (Lipinski definition) is 1.